The maximum atomic E-state index is 10.8. The van der Waals surface area contributed by atoms with Crippen LogP contribution in [0.2, 0.25) is 0 Å². The zero-order valence-electron chi connectivity index (χ0n) is 12.7. The van der Waals surface area contributed by atoms with E-state index < -0.39 is 4.92 Å². The van der Waals surface area contributed by atoms with E-state index in [0.717, 1.165) is 18.5 Å². The third-order valence-electron chi connectivity index (χ3n) is 3.98. The van der Waals surface area contributed by atoms with Crippen LogP contribution in [0.15, 0.2) is 53.5 Å². The Hall–Kier alpha value is -2.86. The molecule has 2 aromatic carbocycles. The minimum atomic E-state index is -0.406. The lowest BCUT2D eigenvalue weighted by Gasteiger charge is -2.13. The predicted molar refractivity (Wildman–Crippen MR) is 95.3 cm³/mol. The first-order valence-corrected chi connectivity index (χ1v) is 8.39. The van der Waals surface area contributed by atoms with E-state index in [1.807, 2.05) is 6.07 Å². The quantitative estimate of drug-likeness (QED) is 0.400. The summed E-state index contributed by atoms with van der Waals surface area (Å²) in [7, 11) is 0. The Morgan fingerprint density at radius 1 is 1.17 bits per heavy atom. The standard InChI is InChI=1S/C18H13N3O2S/c22-21(23)14-6-3-4-12(10-14)11-19-18-20-16-9-8-13-5-1-2-7-15(13)17(16)24-18/h1-7,10-11H,8-9H2. The number of hydrogen-bond donors (Lipinski definition) is 0. The Morgan fingerprint density at radius 3 is 2.92 bits per heavy atom. The monoisotopic (exact) mass is 335 g/mol. The molecule has 0 unspecified atom stereocenters. The molecule has 1 aliphatic rings. The molecule has 6 heteroatoms. The summed E-state index contributed by atoms with van der Waals surface area (Å²) >= 11 is 1.56. The molecule has 118 valence electrons. The van der Waals surface area contributed by atoms with Crippen LogP contribution >= 0.6 is 11.3 Å². The molecule has 0 saturated carbocycles. The van der Waals surface area contributed by atoms with Crippen LogP contribution in [0.3, 0.4) is 0 Å². The lowest BCUT2D eigenvalue weighted by atomic mass is 9.94. The van der Waals surface area contributed by atoms with Crippen molar-refractivity contribution < 1.29 is 4.92 Å². The van der Waals surface area contributed by atoms with Crippen LogP contribution in [0.4, 0.5) is 10.8 Å². The summed E-state index contributed by atoms with van der Waals surface area (Å²) in [5.74, 6) is 0. The topological polar surface area (TPSA) is 68.4 Å². The molecule has 0 amide bonds. The Bertz CT molecular complexity index is 962. The first-order chi connectivity index (χ1) is 11.7. The van der Waals surface area contributed by atoms with E-state index >= 15 is 0 Å². The van der Waals surface area contributed by atoms with Crippen molar-refractivity contribution in [1.29, 1.82) is 0 Å². The van der Waals surface area contributed by atoms with Gasteiger partial charge in [0.05, 0.1) is 15.5 Å². The van der Waals surface area contributed by atoms with E-state index in [9.17, 15) is 10.1 Å². The van der Waals surface area contributed by atoms with Gasteiger partial charge < -0.3 is 0 Å². The van der Waals surface area contributed by atoms with Gasteiger partial charge in [0, 0.05) is 18.3 Å². The third-order valence-corrected chi connectivity index (χ3v) is 5.02. The number of hydrogen-bond acceptors (Lipinski definition) is 5. The van der Waals surface area contributed by atoms with Crippen molar-refractivity contribution in [3.63, 3.8) is 0 Å². The molecule has 24 heavy (non-hydrogen) atoms. The van der Waals surface area contributed by atoms with Gasteiger partial charge in [-0.1, -0.05) is 47.7 Å². The molecule has 0 atom stereocenters. The average molecular weight is 335 g/mol. The fourth-order valence-electron chi connectivity index (χ4n) is 2.84. The fourth-order valence-corrected chi connectivity index (χ4v) is 3.85. The number of non-ortho nitro benzene ring substituents is 1. The lowest BCUT2D eigenvalue weighted by Crippen LogP contribution is -2.01. The first-order valence-electron chi connectivity index (χ1n) is 7.57. The molecular formula is C18H13N3O2S. The minimum absolute atomic E-state index is 0.0614. The van der Waals surface area contributed by atoms with E-state index in [0.29, 0.717) is 10.7 Å². The number of thiazole rings is 1. The summed E-state index contributed by atoms with van der Waals surface area (Å²) in [5, 5.41) is 11.5. The molecule has 1 heterocycles. The van der Waals surface area contributed by atoms with Gasteiger partial charge in [-0.05, 0) is 29.5 Å². The molecular weight excluding hydrogens is 322 g/mol. The normalized spacial score (nSPS) is 12.8. The van der Waals surface area contributed by atoms with Crippen LogP contribution in [0, 0.1) is 10.1 Å². The zero-order chi connectivity index (χ0) is 16.5. The average Bonchev–Trinajstić information content (AvgIpc) is 3.04. The number of nitro benzene ring substituents is 1. The van der Waals surface area contributed by atoms with Crippen molar-refractivity contribution in [2.75, 3.05) is 0 Å². The second-order valence-electron chi connectivity index (χ2n) is 5.54. The molecule has 0 radical (unpaired) electrons. The Balaban J connectivity index is 1.65. The third kappa shape index (κ3) is 2.72. The highest BCUT2D eigenvalue weighted by Gasteiger charge is 2.20. The molecule has 5 nitrogen and oxygen atoms in total. The molecule has 3 aromatic rings. The van der Waals surface area contributed by atoms with Crippen LogP contribution < -0.4 is 0 Å². The summed E-state index contributed by atoms with van der Waals surface area (Å²) in [5.41, 5.74) is 4.44. The maximum Gasteiger partial charge on any atom is 0.270 e. The van der Waals surface area contributed by atoms with Crippen molar-refractivity contribution in [2.45, 2.75) is 12.8 Å². The highest BCUT2D eigenvalue weighted by atomic mass is 32.1. The molecule has 1 aliphatic carbocycles. The van der Waals surface area contributed by atoms with Gasteiger partial charge in [-0.25, -0.2) is 9.98 Å². The van der Waals surface area contributed by atoms with Crippen molar-refractivity contribution in [1.82, 2.24) is 4.98 Å². The van der Waals surface area contributed by atoms with Crippen LogP contribution in [0.5, 0.6) is 0 Å². The maximum absolute atomic E-state index is 10.8. The summed E-state index contributed by atoms with van der Waals surface area (Å²) in [6, 6.07) is 14.8. The smallest absolute Gasteiger partial charge is 0.258 e. The number of nitrogens with zero attached hydrogens (tertiary/aromatic N) is 3. The van der Waals surface area contributed by atoms with Gasteiger partial charge in [-0.3, -0.25) is 10.1 Å². The Kier molecular flexibility index (Phi) is 3.66. The van der Waals surface area contributed by atoms with E-state index in [-0.39, 0.29) is 5.69 Å². The van der Waals surface area contributed by atoms with Crippen molar-refractivity contribution in [2.24, 2.45) is 4.99 Å². The first kappa shape index (κ1) is 14.7. The van der Waals surface area contributed by atoms with Gasteiger partial charge >= 0.3 is 0 Å². The van der Waals surface area contributed by atoms with E-state index in [2.05, 4.69) is 28.2 Å². The second-order valence-corrected chi connectivity index (χ2v) is 6.52. The van der Waals surface area contributed by atoms with Gasteiger partial charge in [-0.2, -0.15) is 0 Å². The number of benzene rings is 2. The fraction of sp³-hybridized carbons (Fsp3) is 0.111. The van der Waals surface area contributed by atoms with Gasteiger partial charge in [0.15, 0.2) is 0 Å². The van der Waals surface area contributed by atoms with Crippen molar-refractivity contribution >= 4 is 28.4 Å². The number of aryl methyl sites for hydroxylation is 2. The highest BCUT2D eigenvalue weighted by Crippen LogP contribution is 2.40. The molecule has 4 rings (SSSR count). The summed E-state index contributed by atoms with van der Waals surface area (Å²) in [6.07, 6.45) is 3.55. The van der Waals surface area contributed by atoms with Gasteiger partial charge in [0.25, 0.3) is 5.69 Å². The highest BCUT2D eigenvalue weighted by molar-refractivity contribution is 7.18. The molecule has 0 bridgehead atoms. The van der Waals surface area contributed by atoms with Crippen molar-refractivity contribution in [3.8, 4) is 10.4 Å². The van der Waals surface area contributed by atoms with Gasteiger partial charge in [0.2, 0.25) is 5.13 Å². The summed E-state index contributed by atoms with van der Waals surface area (Å²) in [4.78, 5) is 20.6. The van der Waals surface area contributed by atoms with E-state index in [4.69, 9.17) is 0 Å². The van der Waals surface area contributed by atoms with Crippen LogP contribution in [-0.4, -0.2) is 16.1 Å². The van der Waals surface area contributed by atoms with E-state index in [1.54, 1.807) is 29.7 Å². The summed E-state index contributed by atoms with van der Waals surface area (Å²) < 4.78 is 0. The second kappa shape index (κ2) is 5.98. The van der Waals surface area contributed by atoms with E-state index in [1.165, 1.54) is 28.1 Å². The Labute approximate surface area is 142 Å². The van der Waals surface area contributed by atoms with Crippen LogP contribution in [0.25, 0.3) is 10.4 Å². The molecule has 0 fully saturated rings. The zero-order valence-corrected chi connectivity index (χ0v) is 13.5. The van der Waals surface area contributed by atoms with Gasteiger partial charge in [0.1, 0.15) is 0 Å². The largest absolute Gasteiger partial charge is 0.270 e. The number of fused-ring (bicyclic) bond motifs is 3. The molecule has 0 aliphatic heterocycles. The lowest BCUT2D eigenvalue weighted by molar-refractivity contribution is -0.384. The SMILES string of the molecule is O=[N+]([O-])c1cccc(C=Nc2nc3c(s2)-c2ccccc2CC3)c1. The number of aromatic nitrogens is 1. The van der Waals surface area contributed by atoms with Crippen molar-refractivity contribution in [3.05, 3.63) is 75.5 Å². The van der Waals surface area contributed by atoms with Gasteiger partial charge in [-0.15, -0.1) is 0 Å². The predicted octanol–water partition coefficient (Wildman–Crippen LogP) is 4.57. The molecule has 0 saturated heterocycles. The van der Waals surface area contributed by atoms with Crippen LogP contribution in [0.1, 0.15) is 16.8 Å². The number of rotatable bonds is 3. The number of aliphatic imine (C=N–C) groups is 1. The molecule has 1 aromatic heterocycles. The number of nitro groups is 1. The molecule has 0 spiro atoms. The summed E-state index contributed by atoms with van der Waals surface area (Å²) in [6.45, 7) is 0. The Morgan fingerprint density at radius 2 is 2.04 bits per heavy atom. The molecule has 0 N–H and O–H groups in total. The van der Waals surface area contributed by atoms with Crippen LogP contribution in [-0.2, 0) is 12.8 Å². The minimum Gasteiger partial charge on any atom is -0.258 e.